The van der Waals surface area contributed by atoms with E-state index in [1.807, 2.05) is 0 Å². The molecule has 0 saturated carbocycles. The highest BCUT2D eigenvalue weighted by Crippen LogP contribution is 2.40. The quantitative estimate of drug-likeness (QED) is 0.328. The van der Waals surface area contributed by atoms with Crippen molar-refractivity contribution in [3.63, 3.8) is 0 Å². The molecule has 29 heavy (non-hydrogen) atoms. The Morgan fingerprint density at radius 1 is 0.655 bits per heavy atom. The summed E-state index contributed by atoms with van der Waals surface area (Å²) in [7, 11) is 1.07. The fourth-order valence-electron chi connectivity index (χ4n) is 3.63. The number of esters is 1. The van der Waals surface area contributed by atoms with Gasteiger partial charge in [0, 0.05) is 0 Å². The molecular weight excluding hydrogens is 380 g/mol. The molecule has 0 amide bonds. The Morgan fingerprint density at radius 2 is 0.966 bits per heavy atom. The Labute approximate surface area is 163 Å². The zero-order valence-electron chi connectivity index (χ0n) is 15.2. The van der Waals surface area contributed by atoms with Crippen LogP contribution in [0.2, 0.25) is 0 Å². The molecule has 0 saturated heterocycles. The van der Waals surface area contributed by atoms with Gasteiger partial charge in [-0.2, -0.15) is 0 Å². The summed E-state index contributed by atoms with van der Waals surface area (Å²) < 4.78 is 4.67. The Hall–Kier alpha value is -3.94. The molecule has 3 aromatic carbocycles. The van der Waals surface area contributed by atoms with Gasteiger partial charge in [0.05, 0.1) is 7.11 Å². The summed E-state index contributed by atoms with van der Waals surface area (Å²) in [6, 6.07) is 12.4. The van der Waals surface area contributed by atoms with Crippen LogP contribution in [0.25, 0.3) is 21.5 Å². The van der Waals surface area contributed by atoms with E-state index in [1.54, 1.807) is 24.3 Å². The number of carbonyl (C=O) groups excluding carboxylic acids is 1. The van der Waals surface area contributed by atoms with Gasteiger partial charge in [-0.15, -0.1) is 0 Å². The molecule has 0 bridgehead atoms. The van der Waals surface area contributed by atoms with Crippen molar-refractivity contribution in [1.29, 1.82) is 0 Å². The van der Waals surface area contributed by atoms with Gasteiger partial charge < -0.3 is 20.1 Å². The fraction of sp³-hybridized carbons (Fsp3) is 0.143. The van der Waals surface area contributed by atoms with E-state index in [-0.39, 0.29) is 32.7 Å². The molecule has 8 nitrogen and oxygen atoms in total. The maximum absolute atomic E-state index is 12.3. The number of carboxylic acids is 3. The van der Waals surface area contributed by atoms with Gasteiger partial charge in [-0.3, -0.25) is 19.2 Å². The first kappa shape index (κ1) is 19.8. The third-order valence-electron chi connectivity index (χ3n) is 4.77. The normalized spacial score (nSPS) is 12.1. The second-order valence-corrected chi connectivity index (χ2v) is 6.32. The van der Waals surface area contributed by atoms with E-state index >= 15 is 0 Å². The van der Waals surface area contributed by atoms with Crippen molar-refractivity contribution in [3.8, 4) is 0 Å². The monoisotopic (exact) mass is 396 g/mol. The lowest BCUT2D eigenvalue weighted by Crippen LogP contribution is -2.25. The molecule has 0 aliphatic rings. The Kier molecular flexibility index (Phi) is 5.18. The van der Waals surface area contributed by atoms with E-state index in [0.717, 1.165) is 7.11 Å². The Morgan fingerprint density at radius 3 is 1.24 bits per heavy atom. The van der Waals surface area contributed by atoms with Crippen LogP contribution in [-0.4, -0.2) is 46.3 Å². The van der Waals surface area contributed by atoms with E-state index in [1.165, 1.54) is 24.3 Å². The van der Waals surface area contributed by atoms with Crippen LogP contribution in [0.1, 0.15) is 23.0 Å². The molecule has 0 aromatic heterocycles. The number of benzene rings is 3. The van der Waals surface area contributed by atoms with E-state index < -0.39 is 35.7 Å². The third-order valence-corrected chi connectivity index (χ3v) is 4.77. The van der Waals surface area contributed by atoms with Crippen LogP contribution in [0, 0.1) is 0 Å². The zero-order valence-corrected chi connectivity index (χ0v) is 15.2. The molecule has 1 atom stereocenters. The second-order valence-electron chi connectivity index (χ2n) is 6.32. The van der Waals surface area contributed by atoms with Gasteiger partial charge in [0.2, 0.25) is 0 Å². The zero-order chi connectivity index (χ0) is 21.3. The van der Waals surface area contributed by atoms with Crippen LogP contribution in [0.3, 0.4) is 0 Å². The highest BCUT2D eigenvalue weighted by molar-refractivity contribution is 6.17. The van der Waals surface area contributed by atoms with E-state index in [0.29, 0.717) is 0 Å². The minimum absolute atomic E-state index is 0.0222. The predicted molar refractivity (Wildman–Crippen MR) is 102 cm³/mol. The number of fused-ring (bicyclic) bond motifs is 2. The smallest absolute Gasteiger partial charge is 0.324 e. The Balaban J connectivity index is 2.58. The van der Waals surface area contributed by atoms with E-state index in [2.05, 4.69) is 4.74 Å². The fourth-order valence-corrected chi connectivity index (χ4v) is 3.63. The average molecular weight is 396 g/mol. The highest BCUT2D eigenvalue weighted by atomic mass is 16.5. The summed E-state index contributed by atoms with van der Waals surface area (Å²) in [5.41, 5.74) is 0.141. The lowest BCUT2D eigenvalue weighted by atomic mass is 9.82. The summed E-state index contributed by atoms with van der Waals surface area (Å²) in [4.78, 5) is 47.7. The largest absolute Gasteiger partial charge is 0.480 e. The first-order valence-electron chi connectivity index (χ1n) is 8.49. The van der Waals surface area contributed by atoms with E-state index in [9.17, 15) is 34.5 Å². The van der Waals surface area contributed by atoms with Gasteiger partial charge in [0.1, 0.15) is 0 Å². The summed E-state index contributed by atoms with van der Waals surface area (Å²) >= 11 is 0. The second kappa shape index (κ2) is 7.59. The first-order chi connectivity index (χ1) is 13.8. The lowest BCUT2D eigenvalue weighted by Gasteiger charge is -2.21. The summed E-state index contributed by atoms with van der Waals surface area (Å²) in [6.07, 6.45) is 0. The highest BCUT2D eigenvalue weighted by Gasteiger charge is 2.36. The molecule has 0 aliphatic carbocycles. The maximum Gasteiger partial charge on any atom is 0.324 e. The predicted octanol–water partition coefficient (Wildman–Crippen LogP) is 2.59. The standard InChI is InChI=1S/C21H16O8/c1-29-21(28)17(20(26)27)15-12-8-4-2-6-10(12)14(16(18(22)23)19(24)25)11-7-3-5-9-13(11)15/h2-9,16-17H,1H3,(H,22,23)(H,24,25)(H,26,27). The van der Waals surface area contributed by atoms with Crippen molar-refractivity contribution in [2.75, 3.05) is 7.11 Å². The number of carboxylic acid groups (broad SMARTS) is 3. The molecule has 0 spiro atoms. The minimum Gasteiger partial charge on any atom is -0.480 e. The first-order valence-corrected chi connectivity index (χ1v) is 8.49. The van der Waals surface area contributed by atoms with Gasteiger partial charge in [0.25, 0.3) is 0 Å². The number of ether oxygens (including phenoxy) is 1. The van der Waals surface area contributed by atoms with Crippen LogP contribution in [0.5, 0.6) is 0 Å². The van der Waals surface area contributed by atoms with Crippen molar-refractivity contribution in [3.05, 3.63) is 59.7 Å². The SMILES string of the molecule is COC(=O)C(C(=O)O)c1c2ccccc2c(C(C(=O)O)C(=O)O)c2ccccc12. The number of carbonyl (C=O) groups is 4. The van der Waals surface area contributed by atoms with Crippen molar-refractivity contribution < 1.29 is 39.2 Å². The third kappa shape index (κ3) is 3.25. The summed E-state index contributed by atoms with van der Waals surface area (Å²) in [5, 5.41) is 29.9. The van der Waals surface area contributed by atoms with Crippen molar-refractivity contribution >= 4 is 45.4 Å². The molecule has 0 heterocycles. The number of aliphatic carboxylic acids is 3. The number of rotatable bonds is 6. The Bertz CT molecular complexity index is 1090. The van der Waals surface area contributed by atoms with Crippen LogP contribution >= 0.6 is 0 Å². The van der Waals surface area contributed by atoms with Gasteiger partial charge >= 0.3 is 23.9 Å². The molecule has 3 N–H and O–H groups in total. The van der Waals surface area contributed by atoms with Gasteiger partial charge in [-0.05, 0) is 32.7 Å². The average Bonchev–Trinajstić information content (AvgIpc) is 2.68. The molecule has 3 rings (SSSR count). The molecule has 0 radical (unpaired) electrons. The minimum atomic E-state index is -1.87. The molecule has 0 fully saturated rings. The van der Waals surface area contributed by atoms with Crippen molar-refractivity contribution in [1.82, 2.24) is 0 Å². The maximum atomic E-state index is 12.3. The summed E-state index contributed by atoms with van der Waals surface area (Å²) in [6.45, 7) is 0. The molecule has 1 unspecified atom stereocenters. The van der Waals surface area contributed by atoms with E-state index in [4.69, 9.17) is 0 Å². The molecule has 3 aromatic rings. The van der Waals surface area contributed by atoms with Gasteiger partial charge in [-0.25, -0.2) is 0 Å². The van der Waals surface area contributed by atoms with Gasteiger partial charge in [0.15, 0.2) is 11.8 Å². The topological polar surface area (TPSA) is 138 Å². The van der Waals surface area contributed by atoms with Crippen LogP contribution in [0.15, 0.2) is 48.5 Å². The number of methoxy groups -OCH3 is 1. The number of hydrogen-bond acceptors (Lipinski definition) is 5. The van der Waals surface area contributed by atoms with Crippen molar-refractivity contribution in [2.45, 2.75) is 11.8 Å². The van der Waals surface area contributed by atoms with Crippen LogP contribution in [-0.2, 0) is 23.9 Å². The molecule has 0 aliphatic heterocycles. The van der Waals surface area contributed by atoms with Crippen LogP contribution in [0.4, 0.5) is 0 Å². The molecular formula is C21H16O8. The summed E-state index contributed by atoms with van der Waals surface area (Å²) in [5.74, 6) is -9.08. The molecule has 8 heteroatoms. The van der Waals surface area contributed by atoms with Crippen LogP contribution < -0.4 is 0 Å². The lowest BCUT2D eigenvalue weighted by molar-refractivity contribution is -0.153. The van der Waals surface area contributed by atoms with Crippen molar-refractivity contribution in [2.24, 2.45) is 0 Å². The molecule has 148 valence electrons. The van der Waals surface area contributed by atoms with Gasteiger partial charge in [-0.1, -0.05) is 48.5 Å². The number of hydrogen-bond donors (Lipinski definition) is 3.